The van der Waals surface area contributed by atoms with Gasteiger partial charge in [-0.3, -0.25) is 4.79 Å². The molecule has 0 bridgehead atoms. The van der Waals surface area contributed by atoms with E-state index in [1.54, 1.807) is 11.3 Å². The Morgan fingerprint density at radius 2 is 1.93 bits per heavy atom. The molecule has 5 nitrogen and oxygen atoms in total. The van der Waals surface area contributed by atoms with Crippen LogP contribution in [0.25, 0.3) is 11.3 Å². The van der Waals surface area contributed by atoms with E-state index >= 15 is 0 Å². The number of nitrogens with zero attached hydrogens (tertiary/aromatic N) is 2. The number of aromatic nitrogens is 1. The average molecular weight is 462 g/mol. The lowest BCUT2D eigenvalue weighted by Gasteiger charge is -2.26. The van der Waals surface area contributed by atoms with Crippen molar-refractivity contribution in [3.05, 3.63) is 63.7 Å². The van der Waals surface area contributed by atoms with Gasteiger partial charge < -0.3 is 15.0 Å². The first-order valence-corrected chi connectivity index (χ1v) is 10.4. The normalized spacial score (nSPS) is 14.1. The summed E-state index contributed by atoms with van der Waals surface area (Å²) in [6, 6.07) is 11.5. The molecule has 1 saturated heterocycles. The van der Waals surface area contributed by atoms with Crippen LogP contribution in [0.1, 0.15) is 10.4 Å². The van der Waals surface area contributed by atoms with E-state index < -0.39 is 5.82 Å². The lowest BCUT2D eigenvalue weighted by Crippen LogP contribution is -2.36. The Hall–Kier alpha value is -2.29. The summed E-state index contributed by atoms with van der Waals surface area (Å²) in [5.74, 6) is -0.699. The van der Waals surface area contributed by atoms with Crippen molar-refractivity contribution in [3.8, 4) is 11.3 Å². The number of halogens is 2. The van der Waals surface area contributed by atoms with Gasteiger partial charge in [-0.1, -0.05) is 12.1 Å². The molecule has 0 atom stereocenters. The number of morpholine rings is 1. The predicted octanol–water partition coefficient (Wildman–Crippen LogP) is 4.80. The van der Waals surface area contributed by atoms with Gasteiger partial charge in [0.25, 0.3) is 5.91 Å². The second kappa shape index (κ2) is 8.38. The second-order valence-electron chi connectivity index (χ2n) is 6.27. The molecule has 8 heteroatoms. The average Bonchev–Trinajstić information content (AvgIpc) is 3.19. The molecule has 2 heterocycles. The molecule has 1 aromatic heterocycles. The number of hydrogen-bond donors (Lipinski definition) is 1. The summed E-state index contributed by atoms with van der Waals surface area (Å²) in [5, 5.41) is 5.86. The molecule has 144 valence electrons. The SMILES string of the molecule is O=C(Nc1ccc(-c2csc(N3CCOCC3)n2)cc1)c1ccc(F)cc1Br. The molecule has 0 spiro atoms. The van der Waals surface area contributed by atoms with Crippen LogP contribution in [-0.2, 0) is 4.74 Å². The zero-order valence-electron chi connectivity index (χ0n) is 14.8. The van der Waals surface area contributed by atoms with E-state index in [1.807, 2.05) is 29.6 Å². The Morgan fingerprint density at radius 1 is 1.18 bits per heavy atom. The third-order valence-corrected chi connectivity index (χ3v) is 5.95. The van der Waals surface area contributed by atoms with Crippen molar-refractivity contribution in [1.29, 1.82) is 0 Å². The van der Waals surface area contributed by atoms with Gasteiger partial charge in [-0.15, -0.1) is 11.3 Å². The number of carbonyl (C=O) groups is 1. The van der Waals surface area contributed by atoms with Gasteiger partial charge in [-0.25, -0.2) is 9.37 Å². The van der Waals surface area contributed by atoms with E-state index in [9.17, 15) is 9.18 Å². The van der Waals surface area contributed by atoms with E-state index in [1.165, 1.54) is 18.2 Å². The number of thiazole rings is 1. The Kier molecular flexibility index (Phi) is 5.70. The first-order chi connectivity index (χ1) is 13.6. The number of rotatable bonds is 4. The van der Waals surface area contributed by atoms with Crippen LogP contribution in [0, 0.1) is 5.82 Å². The number of hydrogen-bond acceptors (Lipinski definition) is 5. The van der Waals surface area contributed by atoms with Crippen molar-refractivity contribution in [2.75, 3.05) is 36.5 Å². The molecule has 0 radical (unpaired) electrons. The van der Waals surface area contributed by atoms with Crippen LogP contribution in [0.3, 0.4) is 0 Å². The molecule has 2 aromatic carbocycles. The van der Waals surface area contributed by atoms with Gasteiger partial charge >= 0.3 is 0 Å². The molecule has 1 N–H and O–H groups in total. The number of amides is 1. The highest BCUT2D eigenvalue weighted by atomic mass is 79.9. The third kappa shape index (κ3) is 4.24. The maximum Gasteiger partial charge on any atom is 0.256 e. The molecule has 1 fully saturated rings. The Bertz CT molecular complexity index is 987. The number of nitrogens with one attached hydrogen (secondary N) is 1. The minimum atomic E-state index is -0.396. The van der Waals surface area contributed by atoms with E-state index in [0.29, 0.717) is 15.7 Å². The van der Waals surface area contributed by atoms with Crippen LogP contribution >= 0.6 is 27.3 Å². The van der Waals surface area contributed by atoms with Crippen molar-refractivity contribution in [3.63, 3.8) is 0 Å². The van der Waals surface area contributed by atoms with Crippen molar-refractivity contribution < 1.29 is 13.9 Å². The summed E-state index contributed by atoms with van der Waals surface area (Å²) < 4.78 is 19.0. The van der Waals surface area contributed by atoms with E-state index in [4.69, 9.17) is 9.72 Å². The highest BCUT2D eigenvalue weighted by Crippen LogP contribution is 2.29. The van der Waals surface area contributed by atoms with Gasteiger partial charge in [-0.05, 0) is 46.3 Å². The molecule has 3 aromatic rings. The molecule has 1 aliphatic heterocycles. The summed E-state index contributed by atoms with van der Waals surface area (Å²) in [6.07, 6.45) is 0. The van der Waals surface area contributed by atoms with Crippen LogP contribution < -0.4 is 10.2 Å². The Labute approximate surface area is 174 Å². The molecular formula is C20H17BrFN3O2S. The van der Waals surface area contributed by atoms with Crippen LogP contribution in [0.4, 0.5) is 15.2 Å². The van der Waals surface area contributed by atoms with Crippen molar-refractivity contribution >= 4 is 44.0 Å². The summed E-state index contributed by atoms with van der Waals surface area (Å²) in [5.41, 5.74) is 2.93. The van der Waals surface area contributed by atoms with Gasteiger partial charge in [0.15, 0.2) is 5.13 Å². The van der Waals surface area contributed by atoms with Gasteiger partial charge in [0.1, 0.15) is 5.82 Å². The second-order valence-corrected chi connectivity index (χ2v) is 7.96. The zero-order chi connectivity index (χ0) is 19.5. The molecule has 4 rings (SSSR count). The van der Waals surface area contributed by atoms with Crippen LogP contribution in [-0.4, -0.2) is 37.2 Å². The first kappa shape index (κ1) is 19.0. The van der Waals surface area contributed by atoms with E-state index in [0.717, 1.165) is 42.7 Å². The van der Waals surface area contributed by atoms with Crippen LogP contribution in [0.15, 0.2) is 52.3 Å². The largest absolute Gasteiger partial charge is 0.378 e. The van der Waals surface area contributed by atoms with Gasteiger partial charge in [-0.2, -0.15) is 0 Å². The fourth-order valence-electron chi connectivity index (χ4n) is 2.89. The molecule has 28 heavy (non-hydrogen) atoms. The fourth-order valence-corrected chi connectivity index (χ4v) is 4.31. The highest BCUT2D eigenvalue weighted by molar-refractivity contribution is 9.10. The standard InChI is InChI=1S/C20H17BrFN3O2S/c21-17-11-14(22)3-6-16(17)19(26)23-15-4-1-13(2-5-15)18-12-28-20(24-18)25-7-9-27-10-8-25/h1-6,11-12H,7-10H2,(H,23,26). The fraction of sp³-hybridized carbons (Fsp3) is 0.200. The van der Waals surface area contributed by atoms with Gasteiger partial charge in [0.05, 0.1) is 24.5 Å². The summed E-state index contributed by atoms with van der Waals surface area (Å²) in [6.45, 7) is 3.18. The maximum absolute atomic E-state index is 13.2. The number of ether oxygens (including phenoxy) is 1. The quantitative estimate of drug-likeness (QED) is 0.606. The minimum absolute atomic E-state index is 0.303. The number of carbonyl (C=O) groups excluding carboxylic acids is 1. The molecule has 1 aliphatic rings. The lowest BCUT2D eigenvalue weighted by molar-refractivity contribution is 0.102. The highest BCUT2D eigenvalue weighted by Gasteiger charge is 2.15. The van der Waals surface area contributed by atoms with Crippen molar-refractivity contribution in [2.45, 2.75) is 0 Å². The molecule has 0 saturated carbocycles. The summed E-state index contributed by atoms with van der Waals surface area (Å²) in [7, 11) is 0. The summed E-state index contributed by atoms with van der Waals surface area (Å²) in [4.78, 5) is 19.3. The molecule has 1 amide bonds. The predicted molar refractivity (Wildman–Crippen MR) is 113 cm³/mol. The van der Waals surface area contributed by atoms with Crippen LogP contribution in [0.5, 0.6) is 0 Å². The van der Waals surface area contributed by atoms with Crippen LogP contribution in [0.2, 0.25) is 0 Å². The van der Waals surface area contributed by atoms with Crippen molar-refractivity contribution in [2.24, 2.45) is 0 Å². The summed E-state index contributed by atoms with van der Waals surface area (Å²) >= 11 is 4.84. The Balaban J connectivity index is 1.45. The smallest absolute Gasteiger partial charge is 0.256 e. The van der Waals surface area contributed by atoms with E-state index in [-0.39, 0.29) is 5.91 Å². The lowest BCUT2D eigenvalue weighted by atomic mass is 10.1. The molecule has 0 unspecified atom stereocenters. The monoisotopic (exact) mass is 461 g/mol. The molecule has 0 aliphatic carbocycles. The first-order valence-electron chi connectivity index (χ1n) is 8.75. The van der Waals surface area contributed by atoms with Gasteiger partial charge in [0.2, 0.25) is 0 Å². The zero-order valence-corrected chi connectivity index (χ0v) is 17.2. The van der Waals surface area contributed by atoms with E-state index in [2.05, 4.69) is 26.1 Å². The Morgan fingerprint density at radius 3 is 2.64 bits per heavy atom. The minimum Gasteiger partial charge on any atom is -0.378 e. The number of benzene rings is 2. The molecular weight excluding hydrogens is 445 g/mol. The maximum atomic E-state index is 13.2. The third-order valence-electron chi connectivity index (χ3n) is 4.39. The van der Waals surface area contributed by atoms with Crippen molar-refractivity contribution in [1.82, 2.24) is 4.98 Å². The topological polar surface area (TPSA) is 54.5 Å². The number of anilines is 2. The van der Waals surface area contributed by atoms with Gasteiger partial charge in [0, 0.05) is 34.2 Å².